The number of nitrogens with zero attached hydrogens (tertiary/aromatic N) is 2. The highest BCUT2D eigenvalue weighted by molar-refractivity contribution is 5.56. The van der Waals surface area contributed by atoms with Gasteiger partial charge in [-0.1, -0.05) is 45.1 Å². The molecule has 3 aliphatic carbocycles. The Morgan fingerprint density at radius 1 is 0.973 bits per heavy atom. The fourth-order valence-electron chi connectivity index (χ4n) is 5.71. The van der Waals surface area contributed by atoms with Gasteiger partial charge in [0.1, 0.15) is 0 Å². The van der Waals surface area contributed by atoms with Crippen LogP contribution in [0.2, 0.25) is 0 Å². The van der Waals surface area contributed by atoms with E-state index in [9.17, 15) is 0 Å². The molecule has 0 saturated heterocycles. The third-order valence-electron chi connectivity index (χ3n) is 8.12. The third-order valence-corrected chi connectivity index (χ3v) is 8.12. The molecule has 0 N–H and O–H groups in total. The molecule has 6 heteroatoms. The molecule has 0 aromatic carbocycles. The maximum Gasteiger partial charge on any atom is 0.298 e. The lowest BCUT2D eigenvalue weighted by atomic mass is 9.91. The van der Waals surface area contributed by atoms with Crippen molar-refractivity contribution >= 4 is 11.6 Å². The summed E-state index contributed by atoms with van der Waals surface area (Å²) in [7, 11) is 4.95. The molecule has 0 radical (unpaired) electrons. The molecule has 204 valence electrons. The Morgan fingerprint density at radius 2 is 1.65 bits per heavy atom. The Labute approximate surface area is 222 Å². The Bertz CT molecular complexity index is 1160. The van der Waals surface area contributed by atoms with Gasteiger partial charge in [-0.25, -0.2) is 4.99 Å². The van der Waals surface area contributed by atoms with E-state index in [1.807, 2.05) is 13.0 Å². The lowest BCUT2D eigenvalue weighted by Crippen LogP contribution is -2.39. The van der Waals surface area contributed by atoms with Crippen LogP contribution in [0.1, 0.15) is 96.4 Å². The second kappa shape index (κ2) is 13.4. The summed E-state index contributed by atoms with van der Waals surface area (Å²) in [5.74, 6) is 1.05. The summed E-state index contributed by atoms with van der Waals surface area (Å²) in [6.07, 6.45) is 22.0. The fourth-order valence-corrected chi connectivity index (χ4v) is 5.71. The normalized spacial score (nSPS) is 22.2. The average Bonchev–Trinajstić information content (AvgIpc) is 3.23. The Hall–Kier alpha value is -2.47. The van der Waals surface area contributed by atoms with E-state index in [-0.39, 0.29) is 6.10 Å². The molecular formula is C31H46N2O4. The molecular weight excluding hydrogens is 464 g/mol. The van der Waals surface area contributed by atoms with Gasteiger partial charge in [0.2, 0.25) is 0 Å². The first kappa shape index (κ1) is 27.6. The molecule has 37 heavy (non-hydrogen) atoms. The van der Waals surface area contributed by atoms with E-state index in [0.717, 1.165) is 42.4 Å². The largest absolute Gasteiger partial charge is 0.493 e. The van der Waals surface area contributed by atoms with Crippen molar-refractivity contribution in [1.29, 1.82) is 0 Å². The smallest absolute Gasteiger partial charge is 0.298 e. The number of methoxy groups -OCH3 is 3. The highest BCUT2D eigenvalue weighted by Gasteiger charge is 2.24. The van der Waals surface area contributed by atoms with E-state index in [2.05, 4.69) is 23.3 Å². The first-order valence-corrected chi connectivity index (χ1v) is 14.3. The van der Waals surface area contributed by atoms with Crippen molar-refractivity contribution in [1.82, 2.24) is 4.57 Å². The van der Waals surface area contributed by atoms with Gasteiger partial charge in [0, 0.05) is 13.2 Å². The van der Waals surface area contributed by atoms with Crippen LogP contribution >= 0.6 is 0 Å². The maximum atomic E-state index is 6.72. The molecule has 0 amide bonds. The molecule has 1 heterocycles. The number of oxazole rings is 1. The SMILES string of the molecule is C=C(OC)\C(=C/C(=C\C(C)OC)/C=c1/o/c(=N/C2CCCCC2)n(C2CCCCC2)c1=C1CCC1)OC. The highest BCUT2D eigenvalue weighted by atomic mass is 16.5. The lowest BCUT2D eigenvalue weighted by molar-refractivity contribution is 0.156. The third kappa shape index (κ3) is 6.90. The van der Waals surface area contributed by atoms with Crippen molar-refractivity contribution in [2.24, 2.45) is 4.99 Å². The zero-order chi connectivity index (χ0) is 26.2. The van der Waals surface area contributed by atoms with Crippen molar-refractivity contribution in [2.45, 2.75) is 109 Å². The van der Waals surface area contributed by atoms with E-state index in [0.29, 0.717) is 23.6 Å². The molecule has 1 aromatic heterocycles. The zero-order valence-electron chi connectivity index (χ0n) is 23.4. The first-order chi connectivity index (χ1) is 18.0. The molecule has 6 nitrogen and oxygen atoms in total. The number of ether oxygens (including phenoxy) is 3. The Morgan fingerprint density at radius 3 is 2.22 bits per heavy atom. The topological polar surface area (TPSA) is 58.1 Å². The molecule has 1 atom stereocenters. The van der Waals surface area contributed by atoms with Gasteiger partial charge >= 0.3 is 0 Å². The van der Waals surface area contributed by atoms with Gasteiger partial charge in [-0.05, 0) is 81.2 Å². The van der Waals surface area contributed by atoms with Crippen molar-refractivity contribution in [2.75, 3.05) is 21.3 Å². The first-order valence-electron chi connectivity index (χ1n) is 14.3. The summed E-state index contributed by atoms with van der Waals surface area (Å²) < 4.78 is 25.7. The van der Waals surface area contributed by atoms with Crippen LogP contribution in [0.5, 0.6) is 0 Å². The molecule has 3 saturated carbocycles. The van der Waals surface area contributed by atoms with Crippen LogP contribution in [0.4, 0.5) is 0 Å². The van der Waals surface area contributed by atoms with Gasteiger partial charge < -0.3 is 18.6 Å². The van der Waals surface area contributed by atoms with Crippen LogP contribution < -0.4 is 16.4 Å². The van der Waals surface area contributed by atoms with E-state index >= 15 is 0 Å². The predicted molar refractivity (Wildman–Crippen MR) is 148 cm³/mol. The van der Waals surface area contributed by atoms with Crippen LogP contribution in [0.3, 0.4) is 0 Å². The van der Waals surface area contributed by atoms with Gasteiger partial charge in [0.15, 0.2) is 16.9 Å². The van der Waals surface area contributed by atoms with Crippen LogP contribution in [0, 0.1) is 0 Å². The van der Waals surface area contributed by atoms with E-state index in [1.54, 1.807) is 21.3 Å². The maximum absolute atomic E-state index is 6.72. The lowest BCUT2D eigenvalue weighted by Gasteiger charge is -2.25. The van der Waals surface area contributed by atoms with Gasteiger partial charge in [-0.2, -0.15) is 0 Å². The molecule has 3 aliphatic rings. The van der Waals surface area contributed by atoms with Crippen molar-refractivity contribution in [3.63, 3.8) is 0 Å². The molecule has 0 aliphatic heterocycles. The van der Waals surface area contributed by atoms with Crippen LogP contribution in [-0.4, -0.2) is 38.0 Å². The number of hydrogen-bond acceptors (Lipinski definition) is 5. The number of rotatable bonds is 9. The monoisotopic (exact) mass is 510 g/mol. The van der Waals surface area contributed by atoms with Crippen molar-refractivity contribution in [3.8, 4) is 0 Å². The van der Waals surface area contributed by atoms with Gasteiger partial charge in [-0.3, -0.25) is 4.57 Å². The molecule has 1 aromatic rings. The summed E-state index contributed by atoms with van der Waals surface area (Å²) in [4.78, 5) is 5.26. The number of hydrogen-bond donors (Lipinski definition) is 0. The van der Waals surface area contributed by atoms with Crippen LogP contribution in [0.15, 0.2) is 45.2 Å². The number of aromatic nitrogens is 1. The Balaban J connectivity index is 1.94. The molecule has 1 unspecified atom stereocenters. The standard InChI is InChI=1S/C31H46N2O4/c1-22(34-3)19-24(20-28(36-5)23(2)35-4)21-29-30(25-13-12-14-25)33(27-17-10-7-11-18-27)31(37-29)32-26-15-8-6-9-16-26/h19-22,26-27H,2,6-18H2,1,3-5H3/b24-19+,28-20+,29-21+,32-31+. The zero-order valence-corrected chi connectivity index (χ0v) is 23.4. The van der Waals surface area contributed by atoms with Crippen molar-refractivity contribution in [3.05, 3.63) is 52.3 Å². The molecule has 3 fully saturated rings. The summed E-state index contributed by atoms with van der Waals surface area (Å²) >= 11 is 0. The summed E-state index contributed by atoms with van der Waals surface area (Å²) in [6.45, 7) is 6.00. The molecule has 0 spiro atoms. The van der Waals surface area contributed by atoms with E-state index < -0.39 is 0 Å². The molecule has 0 bridgehead atoms. The van der Waals surface area contributed by atoms with Crippen LogP contribution in [0.25, 0.3) is 11.6 Å². The molecule has 4 rings (SSSR count). The highest BCUT2D eigenvalue weighted by Crippen LogP contribution is 2.29. The second-order valence-electron chi connectivity index (χ2n) is 10.7. The van der Waals surface area contributed by atoms with Crippen molar-refractivity contribution < 1.29 is 18.6 Å². The number of allylic oxidation sites excluding steroid dienone is 2. The van der Waals surface area contributed by atoms with E-state index in [4.69, 9.17) is 23.6 Å². The average molecular weight is 511 g/mol. The van der Waals surface area contributed by atoms with E-state index in [1.165, 1.54) is 68.7 Å². The second-order valence-corrected chi connectivity index (χ2v) is 10.7. The van der Waals surface area contributed by atoms with Gasteiger partial charge in [-0.15, -0.1) is 0 Å². The summed E-state index contributed by atoms with van der Waals surface area (Å²) in [6, 6.07) is 0.809. The fraction of sp³-hybridized carbons (Fsp3) is 0.645. The quantitative estimate of drug-likeness (QED) is 0.321. The minimum atomic E-state index is -0.0805. The van der Waals surface area contributed by atoms with Gasteiger partial charge in [0.25, 0.3) is 5.68 Å². The minimum absolute atomic E-state index is 0.0805. The van der Waals surface area contributed by atoms with Crippen LogP contribution in [-0.2, 0) is 14.2 Å². The summed E-state index contributed by atoms with van der Waals surface area (Å²) in [5.41, 5.74) is 4.12. The minimum Gasteiger partial charge on any atom is -0.493 e. The van der Waals surface area contributed by atoms with Gasteiger partial charge in [0.05, 0.1) is 31.7 Å². The predicted octanol–water partition coefficient (Wildman–Crippen LogP) is 5.59. The summed E-state index contributed by atoms with van der Waals surface area (Å²) in [5, 5.41) is 1.25. The Kier molecular flexibility index (Phi) is 9.95.